The summed E-state index contributed by atoms with van der Waals surface area (Å²) in [5, 5.41) is 5.62. The minimum absolute atomic E-state index is 0.00216. The molecule has 1 aliphatic heterocycles. The fourth-order valence-corrected chi connectivity index (χ4v) is 4.16. The largest absolute Gasteiger partial charge is 0.474 e. The molecule has 0 N–H and O–H groups in total. The van der Waals surface area contributed by atoms with Crippen LogP contribution < -0.4 is 4.74 Å². The van der Waals surface area contributed by atoms with Crippen LogP contribution in [0.1, 0.15) is 10.4 Å². The molecule has 4 heterocycles. The highest BCUT2D eigenvalue weighted by atomic mass is 16.5. The van der Waals surface area contributed by atoms with E-state index in [4.69, 9.17) is 13.9 Å². The summed E-state index contributed by atoms with van der Waals surface area (Å²) >= 11 is 0. The van der Waals surface area contributed by atoms with Crippen molar-refractivity contribution in [2.24, 2.45) is 0 Å². The summed E-state index contributed by atoms with van der Waals surface area (Å²) in [4.78, 5) is 19.0. The van der Waals surface area contributed by atoms with Gasteiger partial charge in [-0.15, -0.1) is 5.10 Å². The quantitative estimate of drug-likeness (QED) is 0.398. The highest BCUT2D eigenvalue weighted by molar-refractivity contribution is 5.94. The van der Waals surface area contributed by atoms with Gasteiger partial charge in [-0.3, -0.25) is 4.79 Å². The fourth-order valence-electron chi connectivity index (χ4n) is 4.16. The minimum Gasteiger partial charge on any atom is -0.474 e. The Morgan fingerprint density at radius 2 is 1.91 bits per heavy atom. The Morgan fingerprint density at radius 3 is 2.79 bits per heavy atom. The number of fused-ring (bicyclic) bond motifs is 2. The number of imidazole rings is 1. The zero-order valence-corrected chi connectivity index (χ0v) is 18.3. The van der Waals surface area contributed by atoms with Gasteiger partial charge in [0.05, 0.1) is 19.3 Å². The van der Waals surface area contributed by atoms with Crippen LogP contribution in [0.3, 0.4) is 0 Å². The van der Waals surface area contributed by atoms with Gasteiger partial charge in [-0.05, 0) is 30.3 Å². The molecule has 0 saturated carbocycles. The van der Waals surface area contributed by atoms with Crippen molar-refractivity contribution in [2.45, 2.75) is 6.10 Å². The number of morpholine rings is 1. The van der Waals surface area contributed by atoms with E-state index in [1.165, 1.54) is 0 Å². The maximum absolute atomic E-state index is 12.8. The number of benzene rings is 2. The Kier molecular flexibility index (Phi) is 5.20. The van der Waals surface area contributed by atoms with Crippen molar-refractivity contribution in [2.75, 3.05) is 26.3 Å². The molecule has 3 aromatic heterocycles. The molecule has 0 radical (unpaired) electrons. The third-order valence-electron chi connectivity index (χ3n) is 5.88. The second-order valence-corrected chi connectivity index (χ2v) is 8.15. The number of hydrogen-bond acceptors (Lipinski definition) is 6. The normalized spacial score (nSPS) is 16.2. The number of aromatic nitrogens is 3. The van der Waals surface area contributed by atoms with E-state index in [-0.39, 0.29) is 18.6 Å². The van der Waals surface area contributed by atoms with Crippen LogP contribution in [-0.2, 0) is 4.74 Å². The number of nitrogens with zero attached hydrogens (tertiary/aromatic N) is 4. The molecule has 6 rings (SSSR count). The molecular weight excluding hydrogens is 432 g/mol. The summed E-state index contributed by atoms with van der Waals surface area (Å²) in [6.07, 6.45) is 1.50. The average molecular weight is 454 g/mol. The van der Waals surface area contributed by atoms with Gasteiger partial charge in [0.25, 0.3) is 5.91 Å². The van der Waals surface area contributed by atoms with Crippen LogP contribution in [0.25, 0.3) is 28.1 Å². The lowest BCUT2D eigenvalue weighted by atomic mass is 10.2. The predicted octanol–water partition coefficient (Wildman–Crippen LogP) is 4.06. The van der Waals surface area contributed by atoms with Gasteiger partial charge in [0.15, 0.2) is 11.4 Å². The van der Waals surface area contributed by atoms with Crippen LogP contribution in [0.5, 0.6) is 5.88 Å². The van der Waals surface area contributed by atoms with Gasteiger partial charge in [-0.1, -0.05) is 36.4 Å². The standard InChI is InChI=1S/C26H22N4O4/c31-26(18-6-2-1-3-7-18)29-12-13-32-20(16-29)17-33-25-11-10-24-27-15-21(30(24)28-25)23-14-19-8-4-5-9-22(19)34-23/h1-11,14-15,20H,12-13,16-17H2. The first-order valence-corrected chi connectivity index (χ1v) is 11.2. The number of carbonyl (C=O) groups excluding carboxylic acids is 1. The summed E-state index contributed by atoms with van der Waals surface area (Å²) < 4.78 is 19.5. The highest BCUT2D eigenvalue weighted by Gasteiger charge is 2.25. The Balaban J connectivity index is 1.17. The predicted molar refractivity (Wildman–Crippen MR) is 126 cm³/mol. The topological polar surface area (TPSA) is 82.1 Å². The van der Waals surface area contributed by atoms with Crippen molar-refractivity contribution in [3.8, 4) is 17.3 Å². The molecule has 8 nitrogen and oxygen atoms in total. The van der Waals surface area contributed by atoms with Gasteiger partial charge in [-0.25, -0.2) is 9.50 Å². The van der Waals surface area contributed by atoms with E-state index >= 15 is 0 Å². The summed E-state index contributed by atoms with van der Waals surface area (Å²) in [7, 11) is 0. The summed E-state index contributed by atoms with van der Waals surface area (Å²) in [6, 6.07) is 22.7. The Labute approximate surface area is 195 Å². The second kappa shape index (κ2) is 8.64. The highest BCUT2D eigenvalue weighted by Crippen LogP contribution is 2.28. The van der Waals surface area contributed by atoms with Crippen LogP contribution in [0, 0.1) is 0 Å². The van der Waals surface area contributed by atoms with Crippen molar-refractivity contribution in [1.29, 1.82) is 0 Å². The van der Waals surface area contributed by atoms with Gasteiger partial charge in [0.2, 0.25) is 5.88 Å². The molecule has 2 aromatic carbocycles. The summed E-state index contributed by atoms with van der Waals surface area (Å²) in [5.74, 6) is 1.13. The van der Waals surface area contributed by atoms with E-state index in [0.717, 1.165) is 16.7 Å². The Bertz CT molecular complexity index is 1430. The molecule has 1 fully saturated rings. The molecule has 8 heteroatoms. The van der Waals surface area contributed by atoms with Crippen LogP contribution in [0.15, 0.2) is 83.4 Å². The van der Waals surface area contributed by atoms with E-state index in [9.17, 15) is 4.79 Å². The smallest absolute Gasteiger partial charge is 0.254 e. The van der Waals surface area contributed by atoms with Gasteiger partial charge in [0.1, 0.15) is 24.0 Å². The van der Waals surface area contributed by atoms with E-state index < -0.39 is 0 Å². The van der Waals surface area contributed by atoms with Crippen LogP contribution in [-0.4, -0.2) is 57.8 Å². The van der Waals surface area contributed by atoms with Crippen molar-refractivity contribution in [3.05, 3.63) is 84.6 Å². The molecule has 34 heavy (non-hydrogen) atoms. The maximum atomic E-state index is 12.8. The SMILES string of the molecule is O=C(c1ccccc1)N1CCOC(COc2ccc3ncc(-c4cc5ccccc5o4)n3n2)C1. The van der Waals surface area contributed by atoms with Crippen molar-refractivity contribution >= 4 is 22.5 Å². The minimum atomic E-state index is -0.239. The number of amides is 1. The number of ether oxygens (including phenoxy) is 2. The Morgan fingerprint density at radius 1 is 1.06 bits per heavy atom. The monoisotopic (exact) mass is 454 g/mol. The third-order valence-corrected chi connectivity index (χ3v) is 5.88. The first-order valence-electron chi connectivity index (χ1n) is 11.2. The molecule has 5 aromatic rings. The molecular formula is C26H22N4O4. The van der Waals surface area contributed by atoms with E-state index in [1.807, 2.05) is 66.7 Å². The fraction of sp³-hybridized carbons (Fsp3) is 0.192. The lowest BCUT2D eigenvalue weighted by Gasteiger charge is -2.32. The molecule has 1 unspecified atom stereocenters. The lowest BCUT2D eigenvalue weighted by molar-refractivity contribution is -0.0408. The lowest BCUT2D eigenvalue weighted by Crippen LogP contribution is -2.47. The third kappa shape index (κ3) is 3.88. The Hall–Kier alpha value is -4.17. The number of rotatable bonds is 5. The van der Waals surface area contributed by atoms with Crippen molar-refractivity contribution in [1.82, 2.24) is 19.5 Å². The zero-order valence-electron chi connectivity index (χ0n) is 18.3. The van der Waals surface area contributed by atoms with Crippen LogP contribution >= 0.6 is 0 Å². The molecule has 0 aliphatic carbocycles. The zero-order chi connectivity index (χ0) is 22.9. The average Bonchev–Trinajstić information content (AvgIpc) is 3.51. The van der Waals surface area contributed by atoms with Crippen molar-refractivity contribution < 1.29 is 18.7 Å². The van der Waals surface area contributed by atoms with E-state index in [2.05, 4.69) is 10.1 Å². The van der Waals surface area contributed by atoms with Gasteiger partial charge < -0.3 is 18.8 Å². The molecule has 0 spiro atoms. The summed E-state index contributed by atoms with van der Waals surface area (Å²) in [5.41, 5.74) is 2.92. The van der Waals surface area contributed by atoms with Crippen LogP contribution in [0.4, 0.5) is 0 Å². The van der Waals surface area contributed by atoms with Gasteiger partial charge >= 0.3 is 0 Å². The first kappa shape index (κ1) is 20.4. The summed E-state index contributed by atoms with van der Waals surface area (Å²) in [6.45, 7) is 1.78. The molecule has 1 amide bonds. The molecule has 1 atom stereocenters. The van der Waals surface area contributed by atoms with E-state index in [1.54, 1.807) is 21.7 Å². The second-order valence-electron chi connectivity index (χ2n) is 8.15. The molecule has 1 aliphatic rings. The number of furan rings is 1. The first-order chi connectivity index (χ1) is 16.7. The maximum Gasteiger partial charge on any atom is 0.254 e. The van der Waals surface area contributed by atoms with Crippen LogP contribution in [0.2, 0.25) is 0 Å². The number of hydrogen-bond donors (Lipinski definition) is 0. The van der Waals surface area contributed by atoms with Gasteiger partial charge in [0, 0.05) is 23.6 Å². The molecule has 1 saturated heterocycles. The number of carbonyl (C=O) groups is 1. The molecule has 0 bridgehead atoms. The van der Waals surface area contributed by atoms with Gasteiger partial charge in [-0.2, -0.15) is 0 Å². The molecule has 170 valence electrons. The van der Waals surface area contributed by atoms with E-state index in [0.29, 0.717) is 42.5 Å². The number of para-hydroxylation sites is 1. The van der Waals surface area contributed by atoms with Crippen molar-refractivity contribution in [3.63, 3.8) is 0 Å².